The summed E-state index contributed by atoms with van der Waals surface area (Å²) < 4.78 is 5.32. The molecule has 1 aliphatic heterocycles. The number of carbonyl (C=O) groups is 1. The molecule has 1 amide bonds. The first kappa shape index (κ1) is 17.9. The van der Waals surface area contributed by atoms with Crippen molar-refractivity contribution in [1.82, 2.24) is 9.80 Å². The molecule has 1 unspecified atom stereocenters. The van der Waals surface area contributed by atoms with Crippen LogP contribution in [0.3, 0.4) is 0 Å². The van der Waals surface area contributed by atoms with Crippen LogP contribution >= 0.6 is 0 Å². The van der Waals surface area contributed by atoms with Crippen LogP contribution in [0.25, 0.3) is 0 Å². The van der Waals surface area contributed by atoms with Crippen molar-refractivity contribution < 1.29 is 9.53 Å². The first-order valence-electron chi connectivity index (χ1n) is 7.75. The van der Waals surface area contributed by atoms with Gasteiger partial charge < -0.3 is 15.4 Å². The minimum atomic E-state index is -0.120. The molecule has 0 aromatic rings. The molecule has 1 atom stereocenters. The Morgan fingerprint density at radius 3 is 2.62 bits per heavy atom. The number of rotatable bonds is 8. The van der Waals surface area contributed by atoms with E-state index in [4.69, 9.17) is 15.7 Å². The van der Waals surface area contributed by atoms with Crippen LogP contribution in [0.4, 0.5) is 0 Å². The van der Waals surface area contributed by atoms with E-state index in [9.17, 15) is 4.79 Å². The van der Waals surface area contributed by atoms with Gasteiger partial charge in [0, 0.05) is 45.2 Å². The van der Waals surface area contributed by atoms with Crippen LogP contribution < -0.4 is 5.73 Å². The summed E-state index contributed by atoms with van der Waals surface area (Å²) >= 11 is 0. The van der Waals surface area contributed by atoms with Gasteiger partial charge in [-0.15, -0.1) is 0 Å². The second kappa shape index (κ2) is 9.72. The van der Waals surface area contributed by atoms with Gasteiger partial charge in [0.2, 0.25) is 5.91 Å². The summed E-state index contributed by atoms with van der Waals surface area (Å²) in [6.45, 7) is 9.34. The number of hydrogen-bond acceptors (Lipinski definition) is 5. The van der Waals surface area contributed by atoms with Crippen molar-refractivity contribution >= 4 is 5.91 Å². The molecule has 2 N–H and O–H groups in total. The van der Waals surface area contributed by atoms with E-state index >= 15 is 0 Å². The molecule has 0 spiro atoms. The smallest absolute Gasteiger partial charge is 0.224 e. The Kier molecular flexibility index (Phi) is 8.28. The van der Waals surface area contributed by atoms with Crippen LogP contribution in [0.1, 0.15) is 26.7 Å². The molecular formula is C15H28N4O2. The number of hydrogen-bond donors (Lipinski definition) is 1. The fourth-order valence-corrected chi connectivity index (χ4v) is 2.20. The van der Waals surface area contributed by atoms with Gasteiger partial charge in [0.15, 0.2) is 0 Å². The van der Waals surface area contributed by atoms with E-state index in [-0.39, 0.29) is 17.9 Å². The van der Waals surface area contributed by atoms with Gasteiger partial charge in [-0.2, -0.15) is 5.26 Å². The molecule has 120 valence electrons. The van der Waals surface area contributed by atoms with Crippen LogP contribution in [0.5, 0.6) is 0 Å². The van der Waals surface area contributed by atoms with E-state index in [0.29, 0.717) is 25.9 Å². The Labute approximate surface area is 127 Å². The van der Waals surface area contributed by atoms with Crippen LogP contribution in [0.15, 0.2) is 0 Å². The molecule has 6 heteroatoms. The maximum absolute atomic E-state index is 12.3. The van der Waals surface area contributed by atoms with Gasteiger partial charge in [-0.25, -0.2) is 0 Å². The van der Waals surface area contributed by atoms with E-state index in [1.807, 2.05) is 13.8 Å². The number of nitrogens with two attached hydrogens (primary N) is 1. The van der Waals surface area contributed by atoms with E-state index < -0.39 is 0 Å². The summed E-state index contributed by atoms with van der Waals surface area (Å²) in [6, 6.07) is 1.99. The molecule has 0 aromatic carbocycles. The Morgan fingerprint density at radius 1 is 1.38 bits per heavy atom. The van der Waals surface area contributed by atoms with Crippen molar-refractivity contribution in [2.24, 2.45) is 11.7 Å². The van der Waals surface area contributed by atoms with E-state index in [1.54, 1.807) is 4.90 Å². The van der Waals surface area contributed by atoms with Crippen molar-refractivity contribution in [3.63, 3.8) is 0 Å². The highest BCUT2D eigenvalue weighted by Gasteiger charge is 2.20. The summed E-state index contributed by atoms with van der Waals surface area (Å²) in [5.74, 6) is 0.339. The molecule has 21 heavy (non-hydrogen) atoms. The van der Waals surface area contributed by atoms with Gasteiger partial charge in [-0.05, 0) is 5.92 Å². The highest BCUT2D eigenvalue weighted by Crippen LogP contribution is 2.07. The molecule has 6 nitrogen and oxygen atoms in total. The highest BCUT2D eigenvalue weighted by atomic mass is 16.5. The molecule has 0 bridgehead atoms. The lowest BCUT2D eigenvalue weighted by Crippen LogP contribution is -2.44. The molecule has 1 heterocycles. The van der Waals surface area contributed by atoms with Crippen molar-refractivity contribution in [2.75, 3.05) is 45.9 Å². The zero-order valence-corrected chi connectivity index (χ0v) is 13.3. The predicted molar refractivity (Wildman–Crippen MR) is 81.5 cm³/mol. The van der Waals surface area contributed by atoms with Crippen LogP contribution in [-0.4, -0.2) is 67.7 Å². The summed E-state index contributed by atoms with van der Waals surface area (Å²) in [7, 11) is 0. The van der Waals surface area contributed by atoms with Gasteiger partial charge in [0.05, 0.1) is 25.7 Å². The van der Waals surface area contributed by atoms with Crippen molar-refractivity contribution in [1.29, 1.82) is 5.26 Å². The summed E-state index contributed by atoms with van der Waals surface area (Å²) in [5.41, 5.74) is 5.98. The van der Waals surface area contributed by atoms with Gasteiger partial charge in [-0.1, -0.05) is 13.8 Å². The number of ether oxygens (including phenoxy) is 1. The number of carbonyl (C=O) groups excluding carboxylic acids is 1. The van der Waals surface area contributed by atoms with E-state index in [2.05, 4.69) is 11.0 Å². The molecule has 0 aromatic heterocycles. The predicted octanol–water partition coefficient (Wildman–Crippen LogP) is 0.434. The zero-order chi connectivity index (χ0) is 15.7. The van der Waals surface area contributed by atoms with Crippen LogP contribution in [0, 0.1) is 17.2 Å². The third-order valence-corrected chi connectivity index (χ3v) is 3.90. The maximum atomic E-state index is 12.3. The number of amides is 1. The van der Waals surface area contributed by atoms with E-state index in [0.717, 1.165) is 32.8 Å². The molecule has 1 saturated heterocycles. The van der Waals surface area contributed by atoms with Crippen molar-refractivity contribution in [3.8, 4) is 6.07 Å². The molecule has 1 fully saturated rings. The lowest BCUT2D eigenvalue weighted by atomic mass is 10.0. The molecule has 1 aliphatic rings. The molecule has 1 rings (SSSR count). The van der Waals surface area contributed by atoms with Crippen LogP contribution in [0.2, 0.25) is 0 Å². The summed E-state index contributed by atoms with van der Waals surface area (Å²) in [6.07, 6.45) is 0.720. The minimum Gasteiger partial charge on any atom is -0.379 e. The number of nitrogens with zero attached hydrogens (tertiary/aromatic N) is 3. The standard InChI is InChI=1S/C15H28N4O2/c1-13(2)14(17)12-15(20)19(5-3-4-16)7-6-18-8-10-21-11-9-18/h13-14H,3,5-12,17H2,1-2H3. The molecule has 0 saturated carbocycles. The third-order valence-electron chi connectivity index (χ3n) is 3.90. The van der Waals surface area contributed by atoms with Crippen LogP contribution in [-0.2, 0) is 9.53 Å². The second-order valence-electron chi connectivity index (χ2n) is 5.85. The first-order valence-corrected chi connectivity index (χ1v) is 7.75. The quantitative estimate of drug-likeness (QED) is 0.702. The topological polar surface area (TPSA) is 82.6 Å². The normalized spacial score (nSPS) is 17.5. The SMILES string of the molecule is CC(C)C(N)CC(=O)N(CCC#N)CCN1CCOCC1. The number of morpholine rings is 1. The maximum Gasteiger partial charge on any atom is 0.224 e. The minimum absolute atomic E-state index is 0.0553. The third kappa shape index (κ3) is 6.89. The zero-order valence-electron chi connectivity index (χ0n) is 13.3. The number of nitriles is 1. The first-order chi connectivity index (χ1) is 10.0. The largest absolute Gasteiger partial charge is 0.379 e. The summed E-state index contributed by atoms with van der Waals surface area (Å²) in [4.78, 5) is 16.4. The molecule has 0 aliphatic carbocycles. The van der Waals surface area contributed by atoms with Gasteiger partial charge in [-0.3, -0.25) is 9.69 Å². The van der Waals surface area contributed by atoms with Crippen molar-refractivity contribution in [2.45, 2.75) is 32.7 Å². The monoisotopic (exact) mass is 296 g/mol. The summed E-state index contributed by atoms with van der Waals surface area (Å²) in [5, 5.41) is 8.74. The second-order valence-corrected chi connectivity index (χ2v) is 5.85. The van der Waals surface area contributed by atoms with Gasteiger partial charge in [0.1, 0.15) is 0 Å². The Hall–Kier alpha value is -1.16. The highest BCUT2D eigenvalue weighted by molar-refractivity contribution is 5.76. The fraction of sp³-hybridized carbons (Fsp3) is 0.867. The average molecular weight is 296 g/mol. The van der Waals surface area contributed by atoms with Crippen molar-refractivity contribution in [3.05, 3.63) is 0 Å². The van der Waals surface area contributed by atoms with E-state index in [1.165, 1.54) is 0 Å². The molecular weight excluding hydrogens is 268 g/mol. The lowest BCUT2D eigenvalue weighted by Gasteiger charge is -2.30. The van der Waals surface area contributed by atoms with Gasteiger partial charge in [0.25, 0.3) is 0 Å². The fourth-order valence-electron chi connectivity index (χ4n) is 2.20. The Bertz CT molecular complexity index is 348. The average Bonchev–Trinajstić information content (AvgIpc) is 2.48. The Balaban J connectivity index is 2.45. The van der Waals surface area contributed by atoms with Gasteiger partial charge >= 0.3 is 0 Å². The Morgan fingerprint density at radius 2 is 2.05 bits per heavy atom. The molecule has 0 radical (unpaired) electrons. The lowest BCUT2D eigenvalue weighted by molar-refractivity contribution is -0.132.